The Hall–Kier alpha value is -0.0400. The van der Waals surface area contributed by atoms with Crippen LogP contribution in [0, 0.1) is 5.92 Å². The maximum atomic E-state index is 11.1. The van der Waals surface area contributed by atoms with Gasteiger partial charge in [0.15, 0.2) is 0 Å². The lowest BCUT2D eigenvalue weighted by molar-refractivity contribution is -0.111. The number of carbonyl (C=O) groups excluding carboxylic acids is 1. The number of rotatable bonds is 18. The summed E-state index contributed by atoms with van der Waals surface area (Å²) in [5.74, 6) is 1.08. The van der Waals surface area contributed by atoms with E-state index in [9.17, 15) is 4.79 Å². The third-order valence-corrected chi connectivity index (χ3v) is 4.85. The van der Waals surface area contributed by atoms with Crippen LogP contribution in [0.1, 0.15) is 110 Å². The number of halogens is 1. The molecule has 1 atom stereocenters. The van der Waals surface area contributed by atoms with Crippen LogP contribution < -0.4 is 0 Å². The van der Waals surface area contributed by atoms with E-state index < -0.39 is 0 Å². The summed E-state index contributed by atoms with van der Waals surface area (Å²) in [6.45, 7) is 2.27. The van der Waals surface area contributed by atoms with E-state index >= 15 is 0 Å². The summed E-state index contributed by atoms with van der Waals surface area (Å²) in [4.78, 5) is 11.1. The Kier molecular flexibility index (Phi) is 19.0. The molecule has 0 radical (unpaired) electrons. The monoisotopic (exact) mass is 330 g/mol. The summed E-state index contributed by atoms with van der Waals surface area (Å²) in [6.07, 6.45) is 21.8. The maximum Gasteiger partial charge on any atom is 0.123 e. The highest BCUT2D eigenvalue weighted by atomic mass is 35.5. The zero-order valence-corrected chi connectivity index (χ0v) is 15.7. The van der Waals surface area contributed by atoms with Crippen LogP contribution in [0.4, 0.5) is 0 Å². The molecule has 0 saturated heterocycles. The first kappa shape index (κ1) is 22.0. The minimum absolute atomic E-state index is 0.310. The van der Waals surface area contributed by atoms with Crippen LogP contribution in [0.15, 0.2) is 0 Å². The van der Waals surface area contributed by atoms with Gasteiger partial charge in [-0.1, -0.05) is 90.4 Å². The second-order valence-electron chi connectivity index (χ2n) is 6.76. The molecule has 0 bridgehead atoms. The molecular formula is C20H39ClO. The second kappa shape index (κ2) is 19.0. The van der Waals surface area contributed by atoms with E-state index in [1.807, 2.05) is 0 Å². The zero-order chi connectivity index (χ0) is 16.3. The van der Waals surface area contributed by atoms with Crippen molar-refractivity contribution in [1.82, 2.24) is 0 Å². The Morgan fingerprint density at radius 1 is 0.682 bits per heavy atom. The van der Waals surface area contributed by atoms with Gasteiger partial charge in [-0.25, -0.2) is 0 Å². The first-order valence-corrected chi connectivity index (χ1v) is 10.4. The van der Waals surface area contributed by atoms with Crippen LogP contribution in [0.5, 0.6) is 0 Å². The lowest BCUT2D eigenvalue weighted by Gasteiger charge is -2.09. The van der Waals surface area contributed by atoms with Gasteiger partial charge in [-0.2, -0.15) is 0 Å². The van der Waals surface area contributed by atoms with E-state index in [2.05, 4.69) is 6.92 Å². The van der Waals surface area contributed by atoms with Crippen molar-refractivity contribution in [3.05, 3.63) is 0 Å². The number of alkyl halides is 1. The number of carbonyl (C=O) groups is 1. The standard InChI is InChI=1S/C20H39ClO/c1-2-3-4-5-6-7-8-9-10-13-16-20(19-22)17-14-11-12-15-18-21/h19-20H,2-18H2,1H3. The molecule has 0 aliphatic heterocycles. The van der Waals surface area contributed by atoms with Crippen LogP contribution in [0.25, 0.3) is 0 Å². The lowest BCUT2D eigenvalue weighted by Crippen LogP contribution is -2.02. The highest BCUT2D eigenvalue weighted by molar-refractivity contribution is 6.17. The smallest absolute Gasteiger partial charge is 0.123 e. The first-order chi connectivity index (χ1) is 10.8. The average molecular weight is 331 g/mol. The van der Waals surface area contributed by atoms with Crippen LogP contribution >= 0.6 is 11.6 Å². The van der Waals surface area contributed by atoms with Crippen molar-refractivity contribution in [3.63, 3.8) is 0 Å². The Bertz CT molecular complexity index is 218. The second-order valence-corrected chi connectivity index (χ2v) is 7.14. The summed E-state index contributed by atoms with van der Waals surface area (Å²) >= 11 is 5.67. The number of unbranched alkanes of at least 4 members (excludes halogenated alkanes) is 12. The number of hydrogen-bond acceptors (Lipinski definition) is 1. The highest BCUT2D eigenvalue weighted by Gasteiger charge is 2.06. The van der Waals surface area contributed by atoms with Crippen molar-refractivity contribution >= 4 is 17.9 Å². The molecule has 0 heterocycles. The van der Waals surface area contributed by atoms with Crippen LogP contribution in [-0.4, -0.2) is 12.2 Å². The summed E-state index contributed by atoms with van der Waals surface area (Å²) < 4.78 is 0. The van der Waals surface area contributed by atoms with E-state index in [1.165, 1.54) is 89.8 Å². The molecule has 0 rings (SSSR count). The Labute approximate surface area is 144 Å². The molecule has 0 aromatic heterocycles. The van der Waals surface area contributed by atoms with Gasteiger partial charge in [-0.05, 0) is 19.3 Å². The van der Waals surface area contributed by atoms with Crippen molar-refractivity contribution in [1.29, 1.82) is 0 Å². The van der Waals surface area contributed by atoms with Gasteiger partial charge in [0.05, 0.1) is 0 Å². The molecule has 0 aromatic rings. The minimum atomic E-state index is 0.310. The van der Waals surface area contributed by atoms with Gasteiger partial charge < -0.3 is 4.79 Å². The molecular weight excluding hydrogens is 292 g/mol. The average Bonchev–Trinajstić information content (AvgIpc) is 2.54. The van der Waals surface area contributed by atoms with Gasteiger partial charge in [-0.3, -0.25) is 0 Å². The van der Waals surface area contributed by atoms with Gasteiger partial charge >= 0.3 is 0 Å². The third kappa shape index (κ3) is 16.3. The highest BCUT2D eigenvalue weighted by Crippen LogP contribution is 2.17. The molecule has 0 aliphatic carbocycles. The minimum Gasteiger partial charge on any atom is -0.303 e. The van der Waals surface area contributed by atoms with Crippen LogP contribution in [0.3, 0.4) is 0 Å². The van der Waals surface area contributed by atoms with Gasteiger partial charge in [0, 0.05) is 11.8 Å². The molecule has 22 heavy (non-hydrogen) atoms. The molecule has 0 fully saturated rings. The van der Waals surface area contributed by atoms with Gasteiger partial charge in [-0.15, -0.1) is 11.6 Å². The van der Waals surface area contributed by atoms with Crippen molar-refractivity contribution in [2.24, 2.45) is 5.92 Å². The number of hydrogen-bond donors (Lipinski definition) is 0. The van der Waals surface area contributed by atoms with Gasteiger partial charge in [0.1, 0.15) is 6.29 Å². The summed E-state index contributed by atoms with van der Waals surface area (Å²) in [6, 6.07) is 0. The number of aldehydes is 1. The van der Waals surface area contributed by atoms with E-state index in [-0.39, 0.29) is 0 Å². The third-order valence-electron chi connectivity index (χ3n) is 4.58. The SMILES string of the molecule is CCCCCCCCCCCCC(C=O)CCCCCCCl. The predicted molar refractivity (Wildman–Crippen MR) is 99.8 cm³/mol. The molecule has 0 aliphatic rings. The molecule has 132 valence electrons. The fourth-order valence-corrected chi connectivity index (χ4v) is 3.22. The Morgan fingerprint density at radius 2 is 1.09 bits per heavy atom. The van der Waals surface area contributed by atoms with Crippen molar-refractivity contribution < 1.29 is 4.79 Å². The molecule has 0 saturated carbocycles. The molecule has 2 heteroatoms. The lowest BCUT2D eigenvalue weighted by atomic mass is 9.95. The van der Waals surface area contributed by atoms with Crippen LogP contribution in [-0.2, 0) is 4.79 Å². The normalized spacial score (nSPS) is 12.5. The molecule has 0 N–H and O–H groups in total. The largest absolute Gasteiger partial charge is 0.303 e. The summed E-state index contributed by atoms with van der Waals surface area (Å²) in [5, 5.41) is 0. The summed E-state index contributed by atoms with van der Waals surface area (Å²) in [5.41, 5.74) is 0. The van der Waals surface area contributed by atoms with E-state index in [0.29, 0.717) is 5.92 Å². The fraction of sp³-hybridized carbons (Fsp3) is 0.950. The molecule has 0 amide bonds. The first-order valence-electron chi connectivity index (χ1n) is 9.86. The fourth-order valence-electron chi connectivity index (χ4n) is 3.03. The van der Waals surface area contributed by atoms with E-state index in [0.717, 1.165) is 25.1 Å². The molecule has 0 aromatic carbocycles. The van der Waals surface area contributed by atoms with Crippen molar-refractivity contribution in [2.45, 2.75) is 110 Å². The Balaban J connectivity index is 3.27. The maximum absolute atomic E-state index is 11.1. The predicted octanol–water partition coefficient (Wildman–Crippen LogP) is 7.30. The Morgan fingerprint density at radius 3 is 1.50 bits per heavy atom. The molecule has 1 nitrogen and oxygen atoms in total. The van der Waals surface area contributed by atoms with E-state index in [4.69, 9.17) is 11.6 Å². The summed E-state index contributed by atoms with van der Waals surface area (Å²) in [7, 11) is 0. The zero-order valence-electron chi connectivity index (χ0n) is 15.0. The molecule has 1 unspecified atom stereocenters. The van der Waals surface area contributed by atoms with Gasteiger partial charge in [0.2, 0.25) is 0 Å². The van der Waals surface area contributed by atoms with E-state index in [1.54, 1.807) is 0 Å². The quantitative estimate of drug-likeness (QED) is 0.146. The van der Waals surface area contributed by atoms with Crippen LogP contribution in [0.2, 0.25) is 0 Å². The van der Waals surface area contributed by atoms with Crippen molar-refractivity contribution in [2.75, 3.05) is 5.88 Å². The molecule has 0 spiro atoms. The van der Waals surface area contributed by atoms with Crippen molar-refractivity contribution in [3.8, 4) is 0 Å². The topological polar surface area (TPSA) is 17.1 Å². The van der Waals surface area contributed by atoms with Gasteiger partial charge in [0.25, 0.3) is 0 Å².